The van der Waals surface area contributed by atoms with Crippen molar-refractivity contribution in [3.63, 3.8) is 0 Å². The van der Waals surface area contributed by atoms with Crippen molar-refractivity contribution in [3.8, 4) is 0 Å². The number of nitrogens with one attached hydrogen (secondary N) is 1. The molecule has 332 valence electrons. The molecule has 0 fully saturated rings. The van der Waals surface area contributed by atoms with Crippen molar-refractivity contribution in [1.82, 2.24) is 10.2 Å². The zero-order chi connectivity index (χ0) is 41.5. The van der Waals surface area contributed by atoms with Crippen LogP contribution in [-0.4, -0.2) is 67.4 Å². The second kappa shape index (κ2) is 38.7. The minimum atomic E-state index is -0.494. The molecule has 0 saturated carbocycles. The lowest BCUT2D eigenvalue weighted by atomic mass is 9.95. The van der Waals surface area contributed by atoms with Crippen molar-refractivity contribution in [2.75, 3.05) is 32.8 Å². The summed E-state index contributed by atoms with van der Waals surface area (Å²) < 4.78 is 17.0. The van der Waals surface area contributed by atoms with Crippen LogP contribution in [0.3, 0.4) is 0 Å². The van der Waals surface area contributed by atoms with Gasteiger partial charge in [-0.1, -0.05) is 143 Å². The number of esters is 2. The van der Waals surface area contributed by atoms with Crippen LogP contribution in [0.15, 0.2) is 0 Å². The van der Waals surface area contributed by atoms with Crippen LogP contribution in [-0.2, 0) is 23.8 Å². The van der Waals surface area contributed by atoms with Gasteiger partial charge in [-0.05, 0) is 111 Å². The van der Waals surface area contributed by atoms with Gasteiger partial charge in [-0.25, -0.2) is 4.79 Å². The van der Waals surface area contributed by atoms with Crippen LogP contribution < -0.4 is 5.32 Å². The standard InChI is InChI=1S/C48H94N2O6/c1-8-12-14-18-24-33-44(34-25-19-15-13-9-2)55-46(52)36-27-21-17-23-29-40-50(41-30-38-49-47(53)56-48(5,6)7)39-28-22-16-20-26-35-45(51)54-42-37-43(31-10-3)32-11-4/h43-44H,8-42H2,1-7H3,(H,49,53). The quantitative estimate of drug-likeness (QED) is 0.0375. The topological polar surface area (TPSA) is 94.2 Å². The normalized spacial score (nSPS) is 11.8. The third-order valence-electron chi connectivity index (χ3n) is 10.8. The summed E-state index contributed by atoms with van der Waals surface area (Å²) in [5, 5.41) is 2.91. The van der Waals surface area contributed by atoms with E-state index in [4.69, 9.17) is 14.2 Å². The van der Waals surface area contributed by atoms with Crippen molar-refractivity contribution in [2.24, 2.45) is 5.92 Å². The average molecular weight is 795 g/mol. The first-order chi connectivity index (χ1) is 27.0. The Morgan fingerprint density at radius 2 is 0.982 bits per heavy atom. The molecule has 0 aromatic heterocycles. The summed E-state index contributed by atoms with van der Waals surface area (Å²) >= 11 is 0. The van der Waals surface area contributed by atoms with Crippen molar-refractivity contribution < 1.29 is 28.6 Å². The van der Waals surface area contributed by atoms with Crippen LogP contribution in [0.1, 0.15) is 241 Å². The molecule has 0 heterocycles. The van der Waals surface area contributed by atoms with Crippen LogP contribution in [0.2, 0.25) is 0 Å². The Kier molecular flexibility index (Phi) is 37.4. The molecule has 1 amide bonds. The number of rotatable bonds is 40. The first-order valence-corrected chi connectivity index (χ1v) is 24.1. The highest BCUT2D eigenvalue weighted by molar-refractivity contribution is 5.69. The maximum atomic E-state index is 12.8. The number of hydrogen-bond donors (Lipinski definition) is 1. The summed E-state index contributed by atoms with van der Waals surface area (Å²) in [6.07, 6.45) is 32.9. The average Bonchev–Trinajstić information content (AvgIpc) is 3.14. The predicted octanol–water partition coefficient (Wildman–Crippen LogP) is 13.7. The lowest BCUT2D eigenvalue weighted by molar-refractivity contribution is -0.150. The van der Waals surface area contributed by atoms with Crippen molar-refractivity contribution in [1.29, 1.82) is 0 Å². The van der Waals surface area contributed by atoms with Gasteiger partial charge in [0.05, 0.1) is 6.61 Å². The Bertz CT molecular complexity index is 887. The minimum absolute atomic E-state index is 0.00140. The van der Waals surface area contributed by atoms with E-state index in [1.807, 2.05) is 20.8 Å². The Hall–Kier alpha value is -1.83. The van der Waals surface area contributed by atoms with E-state index < -0.39 is 5.60 Å². The number of carbonyl (C=O) groups excluding carboxylic acids is 3. The van der Waals surface area contributed by atoms with E-state index in [-0.39, 0.29) is 24.1 Å². The van der Waals surface area contributed by atoms with Gasteiger partial charge in [0.2, 0.25) is 0 Å². The van der Waals surface area contributed by atoms with Crippen LogP contribution >= 0.6 is 0 Å². The smallest absolute Gasteiger partial charge is 0.407 e. The minimum Gasteiger partial charge on any atom is -0.466 e. The van der Waals surface area contributed by atoms with Gasteiger partial charge < -0.3 is 24.4 Å². The molecule has 0 rings (SSSR count). The zero-order valence-electron chi connectivity index (χ0n) is 38.3. The SMILES string of the molecule is CCCCCCCC(CCCCCCC)OC(=O)CCCCCCCN(CCCCCCCC(=O)OCCC(CCC)CCC)CCCNC(=O)OC(C)(C)C. The lowest BCUT2D eigenvalue weighted by Crippen LogP contribution is -2.35. The third kappa shape index (κ3) is 37.7. The van der Waals surface area contributed by atoms with Crippen LogP contribution in [0.5, 0.6) is 0 Å². The molecule has 0 radical (unpaired) electrons. The molecule has 0 aromatic rings. The molecule has 8 heteroatoms. The van der Waals surface area contributed by atoms with Crippen molar-refractivity contribution >= 4 is 18.0 Å². The summed E-state index contributed by atoms with van der Waals surface area (Å²) in [5.74, 6) is 0.647. The molecule has 0 bridgehead atoms. The van der Waals surface area contributed by atoms with Gasteiger partial charge in [0.15, 0.2) is 0 Å². The number of alkyl carbamates (subject to hydrolysis) is 1. The van der Waals surface area contributed by atoms with E-state index in [9.17, 15) is 14.4 Å². The number of amides is 1. The summed E-state index contributed by atoms with van der Waals surface area (Å²) in [6, 6.07) is 0. The number of unbranched alkanes of at least 4 members (excludes halogenated alkanes) is 16. The third-order valence-corrected chi connectivity index (χ3v) is 10.8. The van der Waals surface area contributed by atoms with Crippen molar-refractivity contribution in [3.05, 3.63) is 0 Å². The van der Waals surface area contributed by atoms with Gasteiger partial charge in [0, 0.05) is 19.4 Å². The molecule has 0 atom stereocenters. The fourth-order valence-corrected chi connectivity index (χ4v) is 7.53. The summed E-state index contributed by atoms with van der Waals surface area (Å²) in [4.78, 5) is 39.6. The Morgan fingerprint density at radius 3 is 1.50 bits per heavy atom. The maximum Gasteiger partial charge on any atom is 0.407 e. The number of nitrogens with zero attached hydrogens (tertiary/aromatic N) is 1. The number of ether oxygens (including phenoxy) is 3. The van der Waals surface area contributed by atoms with E-state index in [1.165, 1.54) is 89.9 Å². The molecule has 0 unspecified atom stereocenters. The fraction of sp³-hybridized carbons (Fsp3) is 0.938. The predicted molar refractivity (Wildman–Crippen MR) is 236 cm³/mol. The van der Waals surface area contributed by atoms with Gasteiger partial charge in [0.25, 0.3) is 0 Å². The monoisotopic (exact) mass is 795 g/mol. The molecule has 0 spiro atoms. The van der Waals surface area contributed by atoms with Crippen LogP contribution in [0, 0.1) is 5.92 Å². The van der Waals surface area contributed by atoms with Crippen LogP contribution in [0.4, 0.5) is 4.79 Å². The first kappa shape index (κ1) is 54.2. The molecular formula is C48H94N2O6. The second-order valence-corrected chi connectivity index (χ2v) is 17.6. The molecule has 1 N–H and O–H groups in total. The van der Waals surface area contributed by atoms with E-state index >= 15 is 0 Å². The van der Waals surface area contributed by atoms with Gasteiger partial charge >= 0.3 is 18.0 Å². The lowest BCUT2D eigenvalue weighted by Gasteiger charge is -2.23. The largest absolute Gasteiger partial charge is 0.466 e. The molecule has 0 aliphatic carbocycles. The molecular weight excluding hydrogens is 701 g/mol. The highest BCUT2D eigenvalue weighted by atomic mass is 16.6. The maximum absolute atomic E-state index is 12.8. The molecule has 0 aliphatic rings. The van der Waals surface area contributed by atoms with E-state index in [2.05, 4.69) is 37.9 Å². The summed E-state index contributed by atoms with van der Waals surface area (Å²) in [7, 11) is 0. The number of carbonyl (C=O) groups is 3. The molecule has 0 aromatic carbocycles. The molecule has 56 heavy (non-hydrogen) atoms. The Labute approximate surface area is 347 Å². The number of hydrogen-bond acceptors (Lipinski definition) is 7. The van der Waals surface area contributed by atoms with E-state index in [1.54, 1.807) is 0 Å². The zero-order valence-corrected chi connectivity index (χ0v) is 38.3. The van der Waals surface area contributed by atoms with Gasteiger partial charge in [-0.3, -0.25) is 9.59 Å². The Morgan fingerprint density at radius 1 is 0.518 bits per heavy atom. The Balaban J connectivity index is 4.50. The molecule has 8 nitrogen and oxygen atoms in total. The molecule has 0 aliphatic heterocycles. The summed E-state index contributed by atoms with van der Waals surface area (Å²) in [5.41, 5.74) is -0.494. The van der Waals surface area contributed by atoms with Crippen molar-refractivity contribution in [2.45, 2.75) is 253 Å². The fourth-order valence-electron chi connectivity index (χ4n) is 7.53. The van der Waals surface area contributed by atoms with E-state index in [0.717, 1.165) is 110 Å². The van der Waals surface area contributed by atoms with Gasteiger partial charge in [-0.2, -0.15) is 0 Å². The second-order valence-electron chi connectivity index (χ2n) is 17.6. The van der Waals surface area contributed by atoms with Gasteiger partial charge in [-0.15, -0.1) is 0 Å². The van der Waals surface area contributed by atoms with Gasteiger partial charge in [0.1, 0.15) is 11.7 Å². The molecule has 0 saturated heterocycles. The van der Waals surface area contributed by atoms with Crippen LogP contribution in [0.25, 0.3) is 0 Å². The first-order valence-electron chi connectivity index (χ1n) is 24.1. The highest BCUT2D eigenvalue weighted by Gasteiger charge is 2.17. The highest BCUT2D eigenvalue weighted by Crippen LogP contribution is 2.19. The summed E-state index contributed by atoms with van der Waals surface area (Å²) in [6.45, 7) is 18.8. The van der Waals surface area contributed by atoms with E-state index in [0.29, 0.717) is 31.9 Å².